The van der Waals surface area contributed by atoms with E-state index < -0.39 is 0 Å². The highest BCUT2D eigenvalue weighted by Crippen LogP contribution is 2.12. The van der Waals surface area contributed by atoms with Crippen molar-refractivity contribution in [1.82, 2.24) is 0 Å². The van der Waals surface area contributed by atoms with E-state index in [1.54, 1.807) is 7.11 Å². The van der Waals surface area contributed by atoms with E-state index in [2.05, 4.69) is 0 Å². The number of benzene rings is 1. The number of methoxy groups -OCH3 is 1. The first-order valence-electron chi connectivity index (χ1n) is 4.44. The molecule has 2 nitrogen and oxygen atoms in total. The molecule has 0 spiro atoms. The largest absolute Gasteiger partial charge is 0.497 e. The highest BCUT2D eigenvalue weighted by Gasteiger charge is 1.94. The van der Waals surface area contributed by atoms with Crippen LogP contribution >= 0.6 is 0 Å². The molecule has 0 amide bonds. The van der Waals surface area contributed by atoms with Crippen LogP contribution in [0.3, 0.4) is 0 Å². The van der Waals surface area contributed by atoms with Crippen molar-refractivity contribution in [3.05, 3.63) is 41.7 Å². The normalized spacial score (nSPS) is 11.5. The van der Waals surface area contributed by atoms with Crippen molar-refractivity contribution in [2.45, 2.75) is 6.42 Å². The average molecular weight is 195 g/mol. The fourth-order valence-electron chi connectivity index (χ4n) is 1.07. The summed E-state index contributed by atoms with van der Waals surface area (Å²) in [5.74, 6) is 0.526. The van der Waals surface area contributed by atoms with Crippen LogP contribution in [0.4, 0.5) is 4.39 Å². The molecule has 0 radical (unpaired) electrons. The standard InChI is InChI=1S/C11H14FNO/c1-14-11-6-3-9(4-7-11)2-5-10(12)8-13/h3-7H,2,8,13H2,1H3/b10-5+. The van der Waals surface area contributed by atoms with E-state index in [1.807, 2.05) is 24.3 Å². The van der Waals surface area contributed by atoms with E-state index in [4.69, 9.17) is 10.5 Å². The third kappa shape index (κ3) is 3.18. The zero-order chi connectivity index (χ0) is 10.4. The summed E-state index contributed by atoms with van der Waals surface area (Å²) < 4.78 is 17.7. The molecule has 0 saturated heterocycles. The van der Waals surface area contributed by atoms with E-state index in [9.17, 15) is 4.39 Å². The van der Waals surface area contributed by atoms with Gasteiger partial charge in [-0.05, 0) is 30.2 Å². The second-order valence-electron chi connectivity index (χ2n) is 2.91. The van der Waals surface area contributed by atoms with E-state index in [1.165, 1.54) is 6.08 Å². The number of nitrogens with two attached hydrogens (primary N) is 1. The number of allylic oxidation sites excluding steroid dienone is 1. The van der Waals surface area contributed by atoms with Crippen LogP contribution < -0.4 is 10.5 Å². The highest BCUT2D eigenvalue weighted by atomic mass is 19.1. The van der Waals surface area contributed by atoms with Gasteiger partial charge < -0.3 is 10.5 Å². The second-order valence-corrected chi connectivity index (χ2v) is 2.91. The molecule has 3 heteroatoms. The zero-order valence-corrected chi connectivity index (χ0v) is 8.16. The molecule has 0 heterocycles. The lowest BCUT2D eigenvalue weighted by molar-refractivity contribution is 0.414. The summed E-state index contributed by atoms with van der Waals surface area (Å²) in [6.45, 7) is -0.0316. The van der Waals surface area contributed by atoms with Gasteiger partial charge in [0.05, 0.1) is 7.11 Å². The number of halogens is 1. The molecule has 76 valence electrons. The van der Waals surface area contributed by atoms with Gasteiger partial charge in [0.1, 0.15) is 11.6 Å². The molecule has 1 aromatic rings. The van der Waals surface area contributed by atoms with Crippen LogP contribution in [0, 0.1) is 0 Å². The molecule has 0 aliphatic rings. The minimum atomic E-state index is -0.277. The van der Waals surface area contributed by atoms with Crippen LogP contribution in [-0.4, -0.2) is 13.7 Å². The van der Waals surface area contributed by atoms with Gasteiger partial charge in [-0.25, -0.2) is 4.39 Å². The number of hydrogen-bond donors (Lipinski definition) is 1. The van der Waals surface area contributed by atoms with Gasteiger partial charge in [-0.2, -0.15) is 0 Å². The van der Waals surface area contributed by atoms with Crippen LogP contribution in [0.1, 0.15) is 5.56 Å². The fourth-order valence-corrected chi connectivity index (χ4v) is 1.07. The molecular formula is C11H14FNO. The third-order valence-corrected chi connectivity index (χ3v) is 1.91. The number of rotatable bonds is 4. The van der Waals surface area contributed by atoms with Crippen LogP contribution in [0.25, 0.3) is 0 Å². The van der Waals surface area contributed by atoms with Crippen molar-refractivity contribution in [3.8, 4) is 5.75 Å². The summed E-state index contributed by atoms with van der Waals surface area (Å²) in [5, 5.41) is 0. The predicted octanol–water partition coefficient (Wildman–Crippen LogP) is 2.05. The zero-order valence-electron chi connectivity index (χ0n) is 8.16. The maximum Gasteiger partial charge on any atom is 0.118 e. The molecular weight excluding hydrogens is 181 g/mol. The summed E-state index contributed by atoms with van der Waals surface area (Å²) in [7, 11) is 1.61. The highest BCUT2D eigenvalue weighted by molar-refractivity contribution is 5.28. The smallest absolute Gasteiger partial charge is 0.118 e. The SMILES string of the molecule is COc1ccc(C/C=C(/F)CN)cc1. The van der Waals surface area contributed by atoms with Gasteiger partial charge in [0, 0.05) is 6.54 Å². The summed E-state index contributed by atoms with van der Waals surface area (Å²) in [4.78, 5) is 0. The van der Waals surface area contributed by atoms with Gasteiger partial charge in [-0.3, -0.25) is 0 Å². The molecule has 14 heavy (non-hydrogen) atoms. The Morgan fingerprint density at radius 1 is 1.43 bits per heavy atom. The molecule has 0 fully saturated rings. The van der Waals surface area contributed by atoms with Crippen molar-refractivity contribution < 1.29 is 9.13 Å². The summed E-state index contributed by atoms with van der Waals surface area (Å²) in [5.41, 5.74) is 6.16. The lowest BCUT2D eigenvalue weighted by Gasteiger charge is -2.00. The lowest BCUT2D eigenvalue weighted by Crippen LogP contribution is -1.99. The predicted molar refractivity (Wildman–Crippen MR) is 54.9 cm³/mol. The molecule has 0 aromatic heterocycles. The van der Waals surface area contributed by atoms with Gasteiger partial charge in [-0.1, -0.05) is 12.1 Å². The van der Waals surface area contributed by atoms with E-state index in [0.29, 0.717) is 6.42 Å². The van der Waals surface area contributed by atoms with Gasteiger partial charge in [0.25, 0.3) is 0 Å². The Balaban J connectivity index is 2.60. The molecule has 2 N–H and O–H groups in total. The molecule has 0 aliphatic heterocycles. The van der Waals surface area contributed by atoms with Gasteiger partial charge in [0.15, 0.2) is 0 Å². The molecule has 0 bridgehead atoms. The topological polar surface area (TPSA) is 35.2 Å². The quantitative estimate of drug-likeness (QED) is 0.798. The molecule has 0 unspecified atom stereocenters. The number of ether oxygens (including phenoxy) is 1. The van der Waals surface area contributed by atoms with Crippen LogP contribution in [0.15, 0.2) is 36.2 Å². The Hall–Kier alpha value is -1.35. The first-order chi connectivity index (χ1) is 6.76. The molecule has 0 aliphatic carbocycles. The Morgan fingerprint density at radius 2 is 2.07 bits per heavy atom. The number of hydrogen-bond acceptors (Lipinski definition) is 2. The van der Waals surface area contributed by atoms with Gasteiger partial charge >= 0.3 is 0 Å². The Bertz CT molecular complexity index is 306. The maximum atomic E-state index is 12.7. The molecule has 0 saturated carbocycles. The van der Waals surface area contributed by atoms with Gasteiger partial charge in [-0.15, -0.1) is 0 Å². The van der Waals surface area contributed by atoms with Crippen molar-refractivity contribution in [3.63, 3.8) is 0 Å². The van der Waals surface area contributed by atoms with Crippen molar-refractivity contribution in [2.75, 3.05) is 13.7 Å². The molecule has 1 rings (SSSR count). The fraction of sp³-hybridized carbons (Fsp3) is 0.273. The van der Waals surface area contributed by atoms with E-state index in [-0.39, 0.29) is 12.4 Å². The minimum absolute atomic E-state index is 0.0316. The van der Waals surface area contributed by atoms with Crippen LogP contribution in [0.5, 0.6) is 5.75 Å². The van der Waals surface area contributed by atoms with Crippen LogP contribution in [-0.2, 0) is 6.42 Å². The van der Waals surface area contributed by atoms with Crippen molar-refractivity contribution in [1.29, 1.82) is 0 Å². The third-order valence-electron chi connectivity index (χ3n) is 1.91. The summed E-state index contributed by atoms with van der Waals surface area (Å²) >= 11 is 0. The van der Waals surface area contributed by atoms with Crippen LogP contribution in [0.2, 0.25) is 0 Å². The van der Waals surface area contributed by atoms with E-state index >= 15 is 0 Å². The maximum absolute atomic E-state index is 12.7. The Kier molecular flexibility index (Phi) is 4.13. The first kappa shape index (κ1) is 10.7. The van der Waals surface area contributed by atoms with Gasteiger partial charge in [0.2, 0.25) is 0 Å². The second kappa shape index (κ2) is 5.40. The minimum Gasteiger partial charge on any atom is -0.497 e. The summed E-state index contributed by atoms with van der Waals surface area (Å²) in [6.07, 6.45) is 2.05. The monoisotopic (exact) mass is 195 g/mol. The average Bonchev–Trinajstić information content (AvgIpc) is 2.26. The summed E-state index contributed by atoms with van der Waals surface area (Å²) in [6, 6.07) is 7.51. The van der Waals surface area contributed by atoms with E-state index in [0.717, 1.165) is 11.3 Å². The van der Waals surface area contributed by atoms with Crippen molar-refractivity contribution >= 4 is 0 Å². The van der Waals surface area contributed by atoms with Crippen molar-refractivity contribution in [2.24, 2.45) is 5.73 Å². The Labute approximate surface area is 83.2 Å². The lowest BCUT2D eigenvalue weighted by atomic mass is 10.1. The molecule has 1 aromatic carbocycles. The molecule has 0 atom stereocenters. The first-order valence-corrected chi connectivity index (χ1v) is 4.44. The Morgan fingerprint density at radius 3 is 2.57 bits per heavy atom.